The Morgan fingerprint density at radius 2 is 1.88 bits per heavy atom. The van der Waals surface area contributed by atoms with Gasteiger partial charge in [0.25, 0.3) is 0 Å². The van der Waals surface area contributed by atoms with Crippen LogP contribution in [0.1, 0.15) is 11.1 Å². The lowest BCUT2D eigenvalue weighted by atomic mass is 10.2. The van der Waals surface area contributed by atoms with Crippen molar-refractivity contribution in [2.75, 3.05) is 21.2 Å². The van der Waals surface area contributed by atoms with Crippen LogP contribution in [0.3, 0.4) is 0 Å². The van der Waals surface area contributed by atoms with E-state index < -0.39 is 0 Å². The molecule has 0 aliphatic rings. The van der Waals surface area contributed by atoms with E-state index in [4.69, 9.17) is 14.8 Å². The third-order valence-corrected chi connectivity index (χ3v) is 6.18. The smallest absolute Gasteiger partial charge is 0.159 e. The summed E-state index contributed by atoms with van der Waals surface area (Å²) in [5, 5.41) is 6.10. The molecular weight excluding hydrogens is 513 g/mol. The van der Waals surface area contributed by atoms with Gasteiger partial charge in [-0.3, -0.25) is 4.68 Å². The number of para-hydroxylation sites is 1. The maximum absolute atomic E-state index is 5.29. The second-order valence-electron chi connectivity index (χ2n) is 8.15. The molecule has 0 spiro atoms. The van der Waals surface area contributed by atoms with Gasteiger partial charge in [-0.25, -0.2) is 4.98 Å². The molecule has 2 aromatic heterocycles. The minimum Gasteiger partial charge on any atom is -0.497 e. The van der Waals surface area contributed by atoms with Crippen LogP contribution in [0.25, 0.3) is 33.5 Å². The van der Waals surface area contributed by atoms with Crippen molar-refractivity contribution in [1.82, 2.24) is 24.6 Å². The number of aromatic amines is 1. The highest BCUT2D eigenvalue weighted by Gasteiger charge is 2.17. The first-order valence-corrected chi connectivity index (χ1v) is 11.5. The summed E-state index contributed by atoms with van der Waals surface area (Å²) in [4.78, 5) is 10.6. The number of ether oxygens (including phenoxy) is 1. The predicted molar refractivity (Wildman–Crippen MR) is 137 cm³/mol. The fourth-order valence-electron chi connectivity index (χ4n) is 4.02. The first-order valence-electron chi connectivity index (χ1n) is 10.4. The van der Waals surface area contributed by atoms with Crippen LogP contribution in [-0.2, 0) is 13.1 Å². The van der Waals surface area contributed by atoms with Gasteiger partial charge in [-0.1, -0.05) is 24.3 Å². The summed E-state index contributed by atoms with van der Waals surface area (Å²) in [7, 11) is 5.83. The largest absolute Gasteiger partial charge is 0.497 e. The van der Waals surface area contributed by atoms with Crippen LogP contribution in [0, 0.1) is 3.57 Å². The van der Waals surface area contributed by atoms with Crippen molar-refractivity contribution in [3.8, 4) is 17.3 Å². The first kappa shape index (κ1) is 21.0. The molecule has 6 nitrogen and oxygen atoms in total. The molecule has 5 rings (SSSR count). The van der Waals surface area contributed by atoms with Crippen LogP contribution >= 0.6 is 22.6 Å². The van der Waals surface area contributed by atoms with E-state index in [-0.39, 0.29) is 0 Å². The van der Waals surface area contributed by atoms with Crippen molar-refractivity contribution in [1.29, 1.82) is 0 Å². The zero-order valence-electron chi connectivity index (χ0n) is 18.3. The number of rotatable bonds is 6. The molecule has 0 radical (unpaired) electrons. The number of hydrogen-bond acceptors (Lipinski definition) is 4. The lowest BCUT2D eigenvalue weighted by molar-refractivity contribution is 0.404. The monoisotopic (exact) mass is 537 g/mol. The maximum Gasteiger partial charge on any atom is 0.159 e. The number of fused-ring (bicyclic) bond motifs is 2. The lowest BCUT2D eigenvalue weighted by Gasteiger charge is -2.09. The van der Waals surface area contributed by atoms with E-state index in [1.165, 1.54) is 9.13 Å². The SMILES string of the molecule is COc1ccc(Cn2nc(-c3nc4c(CN(C)C)cccc4[nH]3)c3cc(I)ccc32)cc1. The summed E-state index contributed by atoms with van der Waals surface area (Å²) in [6.07, 6.45) is 0. The number of hydrogen-bond donors (Lipinski definition) is 1. The number of imidazole rings is 1. The van der Waals surface area contributed by atoms with Crippen molar-refractivity contribution in [3.05, 3.63) is 75.4 Å². The van der Waals surface area contributed by atoms with Gasteiger partial charge in [-0.05, 0) is 84.2 Å². The number of nitrogens with zero attached hydrogens (tertiary/aromatic N) is 4. The Balaban J connectivity index is 1.62. The highest BCUT2D eigenvalue weighted by Crippen LogP contribution is 2.30. The topological polar surface area (TPSA) is 59.0 Å². The molecule has 0 aliphatic heterocycles. The van der Waals surface area contributed by atoms with E-state index in [0.29, 0.717) is 6.54 Å². The number of benzene rings is 3. The van der Waals surface area contributed by atoms with Gasteiger partial charge in [0.15, 0.2) is 5.82 Å². The van der Waals surface area contributed by atoms with E-state index in [2.05, 4.69) is 99.8 Å². The van der Waals surface area contributed by atoms with Gasteiger partial charge in [0.05, 0.1) is 30.2 Å². The molecule has 0 fully saturated rings. The molecule has 0 atom stereocenters. The van der Waals surface area contributed by atoms with Crippen LogP contribution in [-0.4, -0.2) is 45.9 Å². The minimum absolute atomic E-state index is 0.674. The summed E-state index contributed by atoms with van der Waals surface area (Å²) in [6.45, 7) is 1.51. The molecule has 1 N–H and O–H groups in total. The Labute approximate surface area is 200 Å². The molecule has 2 heterocycles. The second kappa shape index (κ2) is 8.55. The maximum atomic E-state index is 5.29. The standard InChI is InChI=1S/C25H24IN5O/c1-30(2)15-17-5-4-6-21-23(17)28-25(27-21)24-20-13-18(26)9-12-22(20)31(29-24)14-16-7-10-19(32-3)11-8-16/h4-13H,14-15H2,1-3H3,(H,27,28). The van der Waals surface area contributed by atoms with Crippen LogP contribution < -0.4 is 4.74 Å². The van der Waals surface area contributed by atoms with E-state index in [1.807, 2.05) is 12.1 Å². The molecule has 32 heavy (non-hydrogen) atoms. The molecule has 162 valence electrons. The quantitative estimate of drug-likeness (QED) is 0.299. The molecule has 0 bridgehead atoms. The Morgan fingerprint density at radius 3 is 2.62 bits per heavy atom. The molecule has 7 heteroatoms. The third kappa shape index (κ3) is 3.98. The fourth-order valence-corrected chi connectivity index (χ4v) is 4.51. The van der Waals surface area contributed by atoms with E-state index in [0.717, 1.165) is 51.3 Å². The summed E-state index contributed by atoms with van der Waals surface area (Å²) in [5.74, 6) is 1.65. The summed E-state index contributed by atoms with van der Waals surface area (Å²) < 4.78 is 8.51. The van der Waals surface area contributed by atoms with Crippen molar-refractivity contribution in [3.63, 3.8) is 0 Å². The van der Waals surface area contributed by atoms with E-state index in [1.54, 1.807) is 7.11 Å². The van der Waals surface area contributed by atoms with Gasteiger partial charge >= 0.3 is 0 Å². The second-order valence-corrected chi connectivity index (χ2v) is 9.40. The molecular formula is C25H24IN5O. The van der Waals surface area contributed by atoms with Crippen molar-refractivity contribution in [2.45, 2.75) is 13.1 Å². The van der Waals surface area contributed by atoms with Crippen LogP contribution in [0.4, 0.5) is 0 Å². The zero-order valence-corrected chi connectivity index (χ0v) is 20.4. The predicted octanol–water partition coefficient (Wildman–Crippen LogP) is 5.30. The van der Waals surface area contributed by atoms with Crippen molar-refractivity contribution < 1.29 is 4.74 Å². The van der Waals surface area contributed by atoms with Gasteiger partial charge in [0, 0.05) is 15.5 Å². The fraction of sp³-hybridized carbons (Fsp3) is 0.200. The van der Waals surface area contributed by atoms with E-state index >= 15 is 0 Å². The third-order valence-electron chi connectivity index (χ3n) is 5.51. The number of nitrogens with one attached hydrogen (secondary N) is 1. The Kier molecular flexibility index (Phi) is 5.60. The first-order chi connectivity index (χ1) is 15.5. The molecule has 0 saturated carbocycles. The van der Waals surface area contributed by atoms with E-state index in [9.17, 15) is 0 Å². The number of methoxy groups -OCH3 is 1. The van der Waals surface area contributed by atoms with Crippen LogP contribution in [0.15, 0.2) is 60.7 Å². The average molecular weight is 537 g/mol. The Hall–Kier alpha value is -2.91. The van der Waals surface area contributed by atoms with Gasteiger partial charge in [-0.15, -0.1) is 0 Å². The van der Waals surface area contributed by atoms with Gasteiger partial charge < -0.3 is 14.6 Å². The van der Waals surface area contributed by atoms with Crippen LogP contribution in [0.2, 0.25) is 0 Å². The lowest BCUT2D eigenvalue weighted by Crippen LogP contribution is -2.10. The zero-order chi connectivity index (χ0) is 22.2. The Bertz CT molecular complexity index is 1400. The van der Waals surface area contributed by atoms with Gasteiger partial charge in [0.1, 0.15) is 11.4 Å². The summed E-state index contributed by atoms with van der Waals surface area (Å²) in [5.41, 5.74) is 6.36. The molecule has 0 unspecified atom stereocenters. The van der Waals surface area contributed by atoms with Crippen molar-refractivity contribution >= 4 is 44.5 Å². The molecule has 5 aromatic rings. The number of aromatic nitrogens is 4. The molecule has 0 aliphatic carbocycles. The highest BCUT2D eigenvalue weighted by atomic mass is 127. The Morgan fingerprint density at radius 1 is 1.06 bits per heavy atom. The normalized spacial score (nSPS) is 11.7. The molecule has 0 amide bonds. The highest BCUT2D eigenvalue weighted by molar-refractivity contribution is 14.1. The van der Waals surface area contributed by atoms with Gasteiger partial charge in [0.2, 0.25) is 0 Å². The summed E-state index contributed by atoms with van der Waals surface area (Å²) in [6, 6.07) is 20.8. The number of H-pyrrole nitrogens is 1. The van der Waals surface area contributed by atoms with Crippen LogP contribution in [0.5, 0.6) is 5.75 Å². The molecule has 3 aromatic carbocycles. The minimum atomic E-state index is 0.674. The summed E-state index contributed by atoms with van der Waals surface area (Å²) >= 11 is 2.35. The average Bonchev–Trinajstić information content (AvgIpc) is 3.36. The van der Waals surface area contributed by atoms with Gasteiger partial charge in [-0.2, -0.15) is 5.10 Å². The van der Waals surface area contributed by atoms with Crippen molar-refractivity contribution in [2.24, 2.45) is 0 Å². The number of halogens is 1. The molecule has 0 saturated heterocycles.